The third kappa shape index (κ3) is 10.1. The second-order valence-electron chi connectivity index (χ2n) is 9.52. The van der Waals surface area contributed by atoms with E-state index >= 15 is 0 Å². The van der Waals surface area contributed by atoms with Crippen molar-refractivity contribution in [2.24, 2.45) is 0 Å². The van der Waals surface area contributed by atoms with Crippen LogP contribution in [-0.4, -0.2) is 43.5 Å². The highest BCUT2D eigenvalue weighted by Gasteiger charge is 2.35. The fourth-order valence-electron chi connectivity index (χ4n) is 3.97. The van der Waals surface area contributed by atoms with Crippen molar-refractivity contribution in [3.05, 3.63) is 82.5 Å². The number of halogens is 12. The maximum atomic E-state index is 5.84. The molecule has 0 atom stereocenters. The van der Waals surface area contributed by atoms with Crippen LogP contribution in [0.2, 0.25) is 0 Å². The number of hydrogen-bond acceptors (Lipinski definition) is 10. The van der Waals surface area contributed by atoms with E-state index in [1.165, 1.54) is 0 Å². The molecule has 0 N–H and O–H groups in total. The third-order valence-corrected chi connectivity index (χ3v) is 8.00. The molecular formula is C26H14Cl12N6O4. The number of ether oxygens (including phenoxy) is 4. The Bertz CT molecular complexity index is 1620. The molecule has 0 amide bonds. The molecule has 2 aliphatic rings. The Morgan fingerprint density at radius 2 is 0.708 bits per heavy atom. The van der Waals surface area contributed by atoms with Crippen molar-refractivity contribution in [3.63, 3.8) is 0 Å². The molecule has 0 saturated carbocycles. The number of alkyl halides is 12. The van der Waals surface area contributed by atoms with Gasteiger partial charge in [-0.05, 0) is 35.4 Å². The summed E-state index contributed by atoms with van der Waals surface area (Å²) in [6, 6.07) is 10.8. The van der Waals surface area contributed by atoms with Gasteiger partial charge in [-0.2, -0.15) is 0 Å². The van der Waals surface area contributed by atoms with Crippen molar-refractivity contribution in [1.29, 1.82) is 0 Å². The van der Waals surface area contributed by atoms with Crippen molar-refractivity contribution < 1.29 is 18.9 Å². The molecular weight excluding hydrogens is 886 g/mol. The van der Waals surface area contributed by atoms with E-state index < -0.39 is 15.2 Å². The fourth-order valence-corrected chi connectivity index (χ4v) is 4.99. The summed E-state index contributed by atoms with van der Waals surface area (Å²) in [5, 5.41) is 0. The molecule has 6 rings (SSSR count). The highest BCUT2D eigenvalue weighted by atomic mass is 35.6. The summed E-state index contributed by atoms with van der Waals surface area (Å²) in [6.07, 6.45) is 0.585. The molecule has 0 aliphatic carbocycles. The summed E-state index contributed by atoms with van der Waals surface area (Å²) >= 11 is 70.1. The number of hydrogen-bond donors (Lipinski definition) is 0. The fraction of sp³-hybridized carbons (Fsp3) is 0.308. The molecule has 0 spiro atoms. The van der Waals surface area contributed by atoms with E-state index in [0.717, 1.165) is 11.1 Å². The topological polar surface area (TPSA) is 114 Å². The zero-order chi connectivity index (χ0) is 35.1. The number of benzene rings is 2. The summed E-state index contributed by atoms with van der Waals surface area (Å²) in [5.41, 5.74) is 1.69. The van der Waals surface area contributed by atoms with Crippen LogP contribution >= 0.6 is 139 Å². The first-order chi connectivity index (χ1) is 22.3. The van der Waals surface area contributed by atoms with Gasteiger partial charge in [0.15, 0.2) is 46.3 Å². The quantitative estimate of drug-likeness (QED) is 0.184. The van der Waals surface area contributed by atoms with Crippen molar-refractivity contribution in [3.8, 4) is 23.0 Å². The average Bonchev–Trinajstić information content (AvgIpc) is 3.64. The van der Waals surface area contributed by atoms with Crippen LogP contribution in [-0.2, 0) is 28.0 Å². The lowest BCUT2D eigenvalue weighted by atomic mass is 10.1. The number of rotatable bonds is 4. The van der Waals surface area contributed by atoms with Crippen molar-refractivity contribution in [2.75, 3.05) is 13.6 Å². The van der Waals surface area contributed by atoms with Gasteiger partial charge in [0.2, 0.25) is 28.8 Å². The molecule has 48 heavy (non-hydrogen) atoms. The Balaban J connectivity index is 0.000000188. The van der Waals surface area contributed by atoms with Crippen molar-refractivity contribution in [1.82, 2.24) is 29.9 Å². The zero-order valence-corrected chi connectivity index (χ0v) is 32.2. The van der Waals surface area contributed by atoms with Crippen LogP contribution in [0.1, 0.15) is 46.1 Å². The van der Waals surface area contributed by atoms with Crippen molar-refractivity contribution >= 4 is 139 Å². The molecule has 0 fully saturated rings. The van der Waals surface area contributed by atoms with Gasteiger partial charge in [-0.1, -0.05) is 151 Å². The second kappa shape index (κ2) is 15.0. The van der Waals surface area contributed by atoms with Crippen LogP contribution in [0.4, 0.5) is 0 Å². The molecule has 0 unspecified atom stereocenters. The Hall–Kier alpha value is -0.860. The van der Waals surface area contributed by atoms with Crippen LogP contribution in [0, 0.1) is 0 Å². The Morgan fingerprint density at radius 3 is 1.00 bits per heavy atom. The van der Waals surface area contributed by atoms with Crippen LogP contribution in [0.25, 0.3) is 0 Å². The van der Waals surface area contributed by atoms with Gasteiger partial charge in [-0.25, -0.2) is 29.9 Å². The summed E-state index contributed by atoms with van der Waals surface area (Å²) in [7, 11) is 0. The van der Waals surface area contributed by atoms with Crippen LogP contribution in [0.3, 0.4) is 0 Å². The Kier molecular flexibility index (Phi) is 12.0. The Labute approximate surface area is 332 Å². The number of aromatic nitrogens is 6. The van der Waals surface area contributed by atoms with E-state index in [9.17, 15) is 0 Å². The monoisotopic (exact) mass is 894 g/mol. The first-order valence-electron chi connectivity index (χ1n) is 12.8. The largest absolute Gasteiger partial charge is 0.454 e. The van der Waals surface area contributed by atoms with E-state index in [4.69, 9.17) is 158 Å². The number of nitrogens with zero attached hydrogens (tertiary/aromatic N) is 6. The first kappa shape index (κ1) is 38.4. The van der Waals surface area contributed by atoms with Gasteiger partial charge in [-0.15, -0.1) is 0 Å². The minimum absolute atomic E-state index is 0.125. The van der Waals surface area contributed by atoms with Crippen LogP contribution in [0.15, 0.2) is 36.4 Å². The highest BCUT2D eigenvalue weighted by molar-refractivity contribution is 6.68. The van der Waals surface area contributed by atoms with E-state index in [1.54, 1.807) is 24.3 Å². The molecule has 10 nitrogen and oxygen atoms in total. The molecule has 2 aliphatic heterocycles. The highest BCUT2D eigenvalue weighted by Crippen LogP contribution is 2.42. The van der Waals surface area contributed by atoms with Gasteiger partial charge in [0.1, 0.15) is 11.6 Å². The summed E-state index contributed by atoms with van der Waals surface area (Å²) in [6.45, 7) is 0.360. The average molecular weight is 900 g/mol. The lowest BCUT2D eigenvalue weighted by Gasteiger charge is -2.15. The summed E-state index contributed by atoms with van der Waals surface area (Å²) < 4.78 is 13.7. The summed E-state index contributed by atoms with van der Waals surface area (Å²) in [4.78, 5) is 24.4. The molecule has 2 aromatic carbocycles. The van der Waals surface area contributed by atoms with Gasteiger partial charge in [0, 0.05) is 12.8 Å². The molecule has 2 aromatic heterocycles. The molecule has 22 heteroatoms. The zero-order valence-electron chi connectivity index (χ0n) is 23.1. The molecule has 0 bridgehead atoms. The lowest BCUT2D eigenvalue weighted by Crippen LogP contribution is -2.18. The van der Waals surface area contributed by atoms with Crippen molar-refractivity contribution in [2.45, 2.75) is 28.0 Å². The van der Waals surface area contributed by atoms with E-state index in [-0.39, 0.29) is 48.5 Å². The number of fused-ring (bicyclic) bond motifs is 2. The predicted octanol–water partition coefficient (Wildman–Crippen LogP) is 9.69. The van der Waals surface area contributed by atoms with Gasteiger partial charge in [-0.3, -0.25) is 0 Å². The second-order valence-corrected chi connectivity index (χ2v) is 18.6. The van der Waals surface area contributed by atoms with Gasteiger partial charge >= 0.3 is 0 Å². The minimum Gasteiger partial charge on any atom is -0.454 e. The maximum Gasteiger partial charge on any atom is 0.250 e. The molecule has 4 aromatic rings. The minimum atomic E-state index is -1.88. The smallest absolute Gasteiger partial charge is 0.250 e. The molecule has 0 saturated heterocycles. The standard InChI is InChI=1S/2C13H7Cl6N3O2/c2*14-12(15,16)10-20-9(21-11(22-10)13(17,18)19)4-6-1-2-7-8(3-6)24-5-23-7/h2*1-3H,4-5H2. The van der Waals surface area contributed by atoms with E-state index in [2.05, 4.69) is 29.9 Å². The SMILES string of the molecule is ClC(Cl)(Cl)c1nc(Cc2ccc3c(c2)OCO3)nc(C(Cl)(Cl)Cl)n1.ClC(Cl)(Cl)c1nc(Cc2ccc3c(c2)OCO3)nc(C(Cl)(Cl)Cl)n1. The molecule has 4 heterocycles. The first-order valence-corrected chi connectivity index (χ1v) is 17.3. The predicted molar refractivity (Wildman–Crippen MR) is 187 cm³/mol. The van der Waals surface area contributed by atoms with Gasteiger partial charge in [0.05, 0.1) is 0 Å². The molecule has 0 radical (unpaired) electrons. The van der Waals surface area contributed by atoms with Gasteiger partial charge in [0.25, 0.3) is 0 Å². The van der Waals surface area contributed by atoms with E-state index in [0.29, 0.717) is 35.8 Å². The Morgan fingerprint density at radius 1 is 0.417 bits per heavy atom. The third-order valence-electron chi connectivity index (χ3n) is 5.98. The van der Waals surface area contributed by atoms with E-state index in [1.807, 2.05) is 12.1 Å². The van der Waals surface area contributed by atoms with Crippen LogP contribution < -0.4 is 18.9 Å². The summed E-state index contributed by atoms with van der Waals surface area (Å²) in [5.74, 6) is 2.66. The lowest BCUT2D eigenvalue weighted by molar-refractivity contribution is 0.173. The van der Waals surface area contributed by atoms with Gasteiger partial charge < -0.3 is 18.9 Å². The normalized spacial score (nSPS) is 14.1. The van der Waals surface area contributed by atoms with Crippen LogP contribution in [0.5, 0.6) is 23.0 Å². The molecule has 256 valence electrons. The maximum absolute atomic E-state index is 5.84.